The normalized spacial score (nSPS) is 10.7. The second-order valence-corrected chi connectivity index (χ2v) is 7.65. The van der Waals surface area contributed by atoms with Gasteiger partial charge in [0.15, 0.2) is 0 Å². The Kier molecular flexibility index (Phi) is 7.82. The van der Waals surface area contributed by atoms with Crippen molar-refractivity contribution < 1.29 is 19.4 Å². The highest BCUT2D eigenvalue weighted by Gasteiger charge is 2.08. The molecule has 11 heteroatoms. The summed E-state index contributed by atoms with van der Waals surface area (Å²) in [5, 5.41) is 25.3. The molecule has 0 fully saturated rings. The van der Waals surface area contributed by atoms with Crippen LogP contribution >= 0.6 is 15.9 Å². The minimum Gasteiger partial charge on any atom is -0.488 e. The zero-order valence-corrected chi connectivity index (χ0v) is 18.6. The Morgan fingerprint density at radius 1 is 0.939 bits per heavy atom. The van der Waals surface area contributed by atoms with Crippen molar-refractivity contribution in [2.45, 2.75) is 13.0 Å². The molecule has 0 saturated heterocycles. The van der Waals surface area contributed by atoms with Gasteiger partial charge in [-0.1, -0.05) is 12.1 Å². The lowest BCUT2D eigenvalue weighted by atomic mass is 10.1. The summed E-state index contributed by atoms with van der Waals surface area (Å²) in [7, 11) is 0. The van der Waals surface area contributed by atoms with E-state index in [1.807, 2.05) is 0 Å². The summed E-state index contributed by atoms with van der Waals surface area (Å²) >= 11 is 3.42. The maximum Gasteiger partial charge on any atom is 0.269 e. The number of hydrogen-bond acceptors (Lipinski definition) is 7. The van der Waals surface area contributed by atoms with E-state index in [1.165, 1.54) is 42.6 Å². The van der Waals surface area contributed by atoms with Crippen LogP contribution in [0.15, 0.2) is 76.3 Å². The van der Waals surface area contributed by atoms with Crippen LogP contribution in [-0.4, -0.2) is 22.0 Å². The number of ether oxygens (including phenoxy) is 1. The lowest BCUT2D eigenvalue weighted by Crippen LogP contribution is -2.19. The summed E-state index contributed by atoms with van der Waals surface area (Å²) in [6, 6.07) is 17.1. The van der Waals surface area contributed by atoms with Gasteiger partial charge in [-0.3, -0.25) is 25.0 Å². The number of halogens is 1. The van der Waals surface area contributed by atoms with E-state index >= 15 is 0 Å². The van der Waals surface area contributed by atoms with Gasteiger partial charge in [0.2, 0.25) is 5.91 Å². The lowest BCUT2D eigenvalue weighted by Gasteiger charge is -2.09. The second kappa shape index (κ2) is 11.0. The molecule has 1 N–H and O–H groups in total. The first-order valence-corrected chi connectivity index (χ1v) is 10.3. The molecular formula is C22H17BrN4O6. The molecule has 0 aliphatic heterocycles. The third-order valence-electron chi connectivity index (χ3n) is 4.41. The van der Waals surface area contributed by atoms with Crippen LogP contribution in [-0.2, 0) is 17.8 Å². The number of carbonyl (C=O) groups is 1. The van der Waals surface area contributed by atoms with E-state index in [1.54, 1.807) is 30.3 Å². The summed E-state index contributed by atoms with van der Waals surface area (Å²) in [6.45, 7) is 0.239. The smallest absolute Gasteiger partial charge is 0.269 e. The van der Waals surface area contributed by atoms with E-state index in [-0.39, 0.29) is 30.3 Å². The number of amides is 1. The predicted molar refractivity (Wildman–Crippen MR) is 124 cm³/mol. The van der Waals surface area contributed by atoms with Crippen molar-refractivity contribution >= 4 is 39.4 Å². The number of nitrogens with zero attached hydrogens (tertiary/aromatic N) is 3. The van der Waals surface area contributed by atoms with Gasteiger partial charge in [0.25, 0.3) is 11.4 Å². The van der Waals surface area contributed by atoms with Crippen LogP contribution < -0.4 is 10.2 Å². The van der Waals surface area contributed by atoms with E-state index in [4.69, 9.17) is 4.74 Å². The largest absolute Gasteiger partial charge is 0.488 e. The quantitative estimate of drug-likeness (QED) is 0.254. The molecule has 3 aromatic carbocycles. The van der Waals surface area contributed by atoms with E-state index in [9.17, 15) is 25.0 Å². The van der Waals surface area contributed by atoms with Gasteiger partial charge in [-0.15, -0.1) is 0 Å². The van der Waals surface area contributed by atoms with Gasteiger partial charge in [-0.25, -0.2) is 5.43 Å². The van der Waals surface area contributed by atoms with Crippen molar-refractivity contribution in [1.29, 1.82) is 0 Å². The Morgan fingerprint density at radius 2 is 1.52 bits per heavy atom. The zero-order valence-electron chi connectivity index (χ0n) is 17.0. The second-order valence-electron chi connectivity index (χ2n) is 6.80. The molecule has 0 saturated carbocycles. The fourth-order valence-electron chi connectivity index (χ4n) is 2.73. The number of carbonyl (C=O) groups excluding carboxylic acids is 1. The molecule has 1 amide bonds. The maximum absolute atomic E-state index is 12.0. The number of rotatable bonds is 9. The zero-order chi connectivity index (χ0) is 23.8. The van der Waals surface area contributed by atoms with Crippen LogP contribution in [0.4, 0.5) is 11.4 Å². The number of nitrogens with one attached hydrogen (secondary N) is 1. The molecule has 0 radical (unpaired) electrons. The molecule has 3 aromatic rings. The van der Waals surface area contributed by atoms with Crippen molar-refractivity contribution in [1.82, 2.24) is 5.43 Å². The minimum absolute atomic E-state index is 0.0170. The number of hydrazone groups is 1. The summed E-state index contributed by atoms with van der Waals surface area (Å²) in [5.41, 5.74) is 4.52. The standard InChI is InChI=1S/C22H17BrN4O6/c23-20-11-17(5-10-21(20)33-14-16-3-8-19(9-4-16)27(31)32)13-24-25-22(28)12-15-1-6-18(7-2-15)26(29)30/h1-11,13H,12,14H2,(H,25,28)/b24-13-. The number of benzene rings is 3. The number of nitro benzene ring substituents is 2. The summed E-state index contributed by atoms with van der Waals surface area (Å²) in [4.78, 5) is 32.4. The van der Waals surface area contributed by atoms with E-state index in [2.05, 4.69) is 26.5 Å². The lowest BCUT2D eigenvalue weighted by molar-refractivity contribution is -0.385. The van der Waals surface area contributed by atoms with Crippen LogP contribution in [0.3, 0.4) is 0 Å². The Hall–Kier alpha value is -4.12. The summed E-state index contributed by atoms with van der Waals surface area (Å²) < 4.78 is 6.41. The number of non-ortho nitro benzene ring substituents is 2. The van der Waals surface area contributed by atoms with E-state index in [0.717, 1.165) is 5.56 Å². The fourth-order valence-corrected chi connectivity index (χ4v) is 3.24. The Morgan fingerprint density at radius 3 is 2.06 bits per heavy atom. The predicted octanol–water partition coefficient (Wildman–Crippen LogP) is 4.54. The molecule has 0 unspecified atom stereocenters. The highest BCUT2D eigenvalue weighted by molar-refractivity contribution is 9.10. The average Bonchev–Trinajstić information content (AvgIpc) is 2.79. The Balaban J connectivity index is 1.51. The third-order valence-corrected chi connectivity index (χ3v) is 5.03. The van der Waals surface area contributed by atoms with Crippen molar-refractivity contribution in [3.8, 4) is 5.75 Å². The molecule has 0 aliphatic carbocycles. The van der Waals surface area contributed by atoms with Crippen LogP contribution in [0, 0.1) is 20.2 Å². The van der Waals surface area contributed by atoms with Crippen molar-refractivity contribution in [2.24, 2.45) is 5.10 Å². The summed E-state index contributed by atoms with van der Waals surface area (Å²) in [6.07, 6.45) is 1.51. The van der Waals surface area contributed by atoms with Crippen molar-refractivity contribution in [2.75, 3.05) is 0 Å². The molecule has 3 rings (SSSR count). The fraction of sp³-hybridized carbons (Fsp3) is 0.0909. The van der Waals surface area contributed by atoms with Gasteiger partial charge < -0.3 is 4.74 Å². The first-order chi connectivity index (χ1) is 15.8. The van der Waals surface area contributed by atoms with Gasteiger partial charge in [0, 0.05) is 24.3 Å². The van der Waals surface area contributed by atoms with Gasteiger partial charge in [0.05, 0.1) is 27.0 Å². The first kappa shape index (κ1) is 23.5. The Bertz CT molecular complexity index is 1200. The molecule has 10 nitrogen and oxygen atoms in total. The molecular weight excluding hydrogens is 496 g/mol. The van der Waals surface area contributed by atoms with E-state index < -0.39 is 9.85 Å². The van der Waals surface area contributed by atoms with Gasteiger partial charge >= 0.3 is 0 Å². The van der Waals surface area contributed by atoms with Gasteiger partial charge in [-0.2, -0.15) is 5.10 Å². The minimum atomic E-state index is -0.502. The van der Waals surface area contributed by atoms with E-state index in [0.29, 0.717) is 21.3 Å². The highest BCUT2D eigenvalue weighted by atomic mass is 79.9. The SMILES string of the molecule is O=C(Cc1ccc([N+](=O)[O-])cc1)N/N=C\c1ccc(OCc2ccc([N+](=O)[O-])cc2)c(Br)c1. The van der Waals surface area contributed by atoms with Crippen LogP contribution in [0.2, 0.25) is 0 Å². The highest BCUT2D eigenvalue weighted by Crippen LogP contribution is 2.26. The van der Waals surface area contributed by atoms with Crippen molar-refractivity contribution in [3.63, 3.8) is 0 Å². The van der Waals surface area contributed by atoms with Gasteiger partial charge in [-0.05, 0) is 63.0 Å². The molecule has 0 aromatic heterocycles. The van der Waals surface area contributed by atoms with Crippen molar-refractivity contribution in [3.05, 3.63) is 108 Å². The topological polar surface area (TPSA) is 137 Å². The van der Waals surface area contributed by atoms with Gasteiger partial charge in [0.1, 0.15) is 12.4 Å². The average molecular weight is 513 g/mol. The molecule has 0 atom stereocenters. The Labute approximate surface area is 196 Å². The molecule has 0 aliphatic rings. The number of hydrogen-bond donors (Lipinski definition) is 1. The van der Waals surface area contributed by atoms with Crippen LogP contribution in [0.5, 0.6) is 5.75 Å². The van der Waals surface area contributed by atoms with Crippen LogP contribution in [0.25, 0.3) is 0 Å². The first-order valence-electron chi connectivity index (χ1n) is 9.53. The third kappa shape index (κ3) is 6.94. The number of nitro groups is 2. The maximum atomic E-state index is 12.0. The molecule has 0 spiro atoms. The molecule has 168 valence electrons. The molecule has 33 heavy (non-hydrogen) atoms. The molecule has 0 bridgehead atoms. The van der Waals surface area contributed by atoms with Crippen LogP contribution in [0.1, 0.15) is 16.7 Å². The monoisotopic (exact) mass is 512 g/mol. The summed E-state index contributed by atoms with van der Waals surface area (Å²) in [5.74, 6) is 0.218. The molecule has 0 heterocycles.